The highest BCUT2D eigenvalue weighted by atomic mass is 14.8. The molecule has 0 radical (unpaired) electrons. The van der Waals surface area contributed by atoms with E-state index in [1.165, 1.54) is 11.1 Å². The Bertz CT molecular complexity index is 588. The molecule has 1 heterocycles. The molecule has 2 heteroatoms. The molecule has 2 nitrogen and oxygen atoms in total. The number of para-hydroxylation sites is 1. The molecule has 0 fully saturated rings. The number of rotatable bonds is 6. The highest BCUT2D eigenvalue weighted by Crippen LogP contribution is 2.32. The van der Waals surface area contributed by atoms with E-state index in [4.69, 9.17) is 4.99 Å². The molecular weight excluding hydrogens is 256 g/mol. The third-order valence-electron chi connectivity index (χ3n) is 3.83. The van der Waals surface area contributed by atoms with Crippen molar-refractivity contribution >= 4 is 11.9 Å². The highest BCUT2D eigenvalue weighted by molar-refractivity contribution is 5.80. The Labute approximate surface area is 128 Å². The molecule has 1 atom stereocenters. The monoisotopic (exact) mass is 280 g/mol. The fourth-order valence-electron chi connectivity index (χ4n) is 2.44. The Morgan fingerprint density at radius 3 is 2.67 bits per heavy atom. The summed E-state index contributed by atoms with van der Waals surface area (Å²) in [7, 11) is 0. The van der Waals surface area contributed by atoms with E-state index in [2.05, 4.69) is 44.0 Å². The lowest BCUT2D eigenvalue weighted by Crippen LogP contribution is -1.96. The van der Waals surface area contributed by atoms with Crippen LogP contribution in [0.2, 0.25) is 0 Å². The van der Waals surface area contributed by atoms with Gasteiger partial charge in [-0.1, -0.05) is 51.5 Å². The second-order valence-corrected chi connectivity index (χ2v) is 5.43. The minimum absolute atomic E-state index is 0.526. The standard InChI is InChI=1S/C19H24N2/c1-4-9-16-10-8-12-18(15(3)5-2)19(16)21-14-17-11-6-7-13-20-17/h6-8,10-15H,4-5,9H2,1-3H3. The number of benzene rings is 1. The van der Waals surface area contributed by atoms with Crippen LogP contribution in [0.25, 0.3) is 0 Å². The zero-order valence-electron chi connectivity index (χ0n) is 13.2. The van der Waals surface area contributed by atoms with Crippen LogP contribution < -0.4 is 0 Å². The van der Waals surface area contributed by atoms with Crippen LogP contribution >= 0.6 is 0 Å². The first kappa shape index (κ1) is 15.4. The van der Waals surface area contributed by atoms with Gasteiger partial charge in [0.25, 0.3) is 0 Å². The summed E-state index contributed by atoms with van der Waals surface area (Å²) in [5.74, 6) is 0.526. The molecule has 0 saturated carbocycles. The molecule has 1 aromatic heterocycles. The highest BCUT2D eigenvalue weighted by Gasteiger charge is 2.11. The molecule has 0 aliphatic rings. The maximum absolute atomic E-state index is 4.78. The summed E-state index contributed by atoms with van der Waals surface area (Å²) in [6, 6.07) is 12.5. The number of aliphatic imine (C=N–C) groups is 1. The Morgan fingerprint density at radius 1 is 1.14 bits per heavy atom. The van der Waals surface area contributed by atoms with Gasteiger partial charge >= 0.3 is 0 Å². The maximum atomic E-state index is 4.78. The molecule has 0 aliphatic heterocycles. The minimum atomic E-state index is 0.526. The van der Waals surface area contributed by atoms with Gasteiger partial charge in [0.15, 0.2) is 0 Å². The normalized spacial score (nSPS) is 12.7. The molecule has 0 N–H and O–H groups in total. The second-order valence-electron chi connectivity index (χ2n) is 5.43. The van der Waals surface area contributed by atoms with Crippen LogP contribution in [0, 0.1) is 0 Å². The summed E-state index contributed by atoms with van der Waals surface area (Å²) in [5.41, 5.74) is 4.72. The quantitative estimate of drug-likeness (QED) is 0.659. The van der Waals surface area contributed by atoms with E-state index in [1.807, 2.05) is 24.4 Å². The third kappa shape index (κ3) is 4.01. The molecule has 0 saturated heterocycles. The van der Waals surface area contributed by atoms with Crippen LogP contribution in [-0.4, -0.2) is 11.2 Å². The van der Waals surface area contributed by atoms with Gasteiger partial charge in [0.2, 0.25) is 0 Å². The summed E-state index contributed by atoms with van der Waals surface area (Å²) in [5, 5.41) is 0. The lowest BCUT2D eigenvalue weighted by Gasteiger charge is -2.15. The van der Waals surface area contributed by atoms with Crippen molar-refractivity contribution in [3.05, 3.63) is 59.4 Å². The van der Waals surface area contributed by atoms with Gasteiger partial charge in [0, 0.05) is 6.20 Å². The maximum Gasteiger partial charge on any atom is 0.0812 e. The predicted octanol–water partition coefficient (Wildman–Crippen LogP) is 5.30. The minimum Gasteiger partial charge on any atom is -0.255 e. The fourth-order valence-corrected chi connectivity index (χ4v) is 2.44. The van der Waals surface area contributed by atoms with E-state index < -0.39 is 0 Å². The molecule has 0 bridgehead atoms. The number of aryl methyl sites for hydroxylation is 1. The van der Waals surface area contributed by atoms with Crippen molar-refractivity contribution in [2.24, 2.45) is 4.99 Å². The van der Waals surface area contributed by atoms with Crippen LogP contribution in [-0.2, 0) is 6.42 Å². The molecule has 2 rings (SSSR count). The van der Waals surface area contributed by atoms with Crippen molar-refractivity contribution in [3.8, 4) is 0 Å². The first-order valence-electron chi connectivity index (χ1n) is 7.83. The van der Waals surface area contributed by atoms with Crippen LogP contribution in [0.3, 0.4) is 0 Å². The molecule has 0 amide bonds. The van der Waals surface area contributed by atoms with E-state index in [0.29, 0.717) is 5.92 Å². The van der Waals surface area contributed by atoms with Gasteiger partial charge in [0.05, 0.1) is 17.6 Å². The summed E-state index contributed by atoms with van der Waals surface area (Å²) in [6.07, 6.45) is 7.01. The number of pyridine rings is 1. The molecule has 110 valence electrons. The molecule has 1 aromatic carbocycles. The van der Waals surface area contributed by atoms with Crippen molar-refractivity contribution in [1.29, 1.82) is 0 Å². The van der Waals surface area contributed by atoms with Crippen LogP contribution in [0.15, 0.2) is 47.6 Å². The van der Waals surface area contributed by atoms with Gasteiger partial charge in [-0.3, -0.25) is 9.98 Å². The van der Waals surface area contributed by atoms with Gasteiger partial charge < -0.3 is 0 Å². The van der Waals surface area contributed by atoms with Gasteiger partial charge in [-0.2, -0.15) is 0 Å². The topological polar surface area (TPSA) is 25.2 Å². The Balaban J connectivity index is 2.41. The molecule has 2 aromatic rings. The zero-order chi connectivity index (χ0) is 15.1. The van der Waals surface area contributed by atoms with Gasteiger partial charge in [-0.25, -0.2) is 0 Å². The van der Waals surface area contributed by atoms with E-state index in [-0.39, 0.29) is 0 Å². The Hall–Kier alpha value is -1.96. The summed E-state index contributed by atoms with van der Waals surface area (Å²) < 4.78 is 0. The average molecular weight is 280 g/mol. The lowest BCUT2D eigenvalue weighted by molar-refractivity contribution is 0.732. The predicted molar refractivity (Wildman–Crippen MR) is 90.6 cm³/mol. The van der Waals surface area contributed by atoms with Gasteiger partial charge in [-0.05, 0) is 42.0 Å². The molecular formula is C19H24N2. The van der Waals surface area contributed by atoms with E-state index in [0.717, 1.165) is 30.6 Å². The third-order valence-corrected chi connectivity index (χ3v) is 3.83. The smallest absolute Gasteiger partial charge is 0.0812 e. The van der Waals surface area contributed by atoms with Gasteiger partial charge in [0.1, 0.15) is 0 Å². The van der Waals surface area contributed by atoms with Crippen molar-refractivity contribution < 1.29 is 0 Å². The number of hydrogen-bond donors (Lipinski definition) is 0. The largest absolute Gasteiger partial charge is 0.255 e. The van der Waals surface area contributed by atoms with E-state index in [1.54, 1.807) is 6.20 Å². The van der Waals surface area contributed by atoms with Crippen LogP contribution in [0.4, 0.5) is 5.69 Å². The first-order chi connectivity index (χ1) is 10.3. The first-order valence-corrected chi connectivity index (χ1v) is 7.83. The summed E-state index contributed by atoms with van der Waals surface area (Å²) >= 11 is 0. The Morgan fingerprint density at radius 2 is 2.00 bits per heavy atom. The molecule has 1 unspecified atom stereocenters. The molecule has 21 heavy (non-hydrogen) atoms. The van der Waals surface area contributed by atoms with Crippen LogP contribution in [0.1, 0.15) is 56.4 Å². The molecule has 0 spiro atoms. The summed E-state index contributed by atoms with van der Waals surface area (Å²) in [6.45, 7) is 6.70. The number of nitrogens with zero attached hydrogens (tertiary/aromatic N) is 2. The molecule has 0 aliphatic carbocycles. The Kier molecular flexibility index (Phi) is 5.68. The zero-order valence-corrected chi connectivity index (χ0v) is 13.2. The van der Waals surface area contributed by atoms with Crippen molar-refractivity contribution in [3.63, 3.8) is 0 Å². The van der Waals surface area contributed by atoms with Gasteiger partial charge in [-0.15, -0.1) is 0 Å². The number of hydrogen-bond acceptors (Lipinski definition) is 2. The summed E-state index contributed by atoms with van der Waals surface area (Å²) in [4.78, 5) is 9.09. The number of aromatic nitrogens is 1. The van der Waals surface area contributed by atoms with E-state index >= 15 is 0 Å². The fraction of sp³-hybridized carbons (Fsp3) is 0.368. The van der Waals surface area contributed by atoms with E-state index in [9.17, 15) is 0 Å². The average Bonchev–Trinajstić information content (AvgIpc) is 2.54. The SMILES string of the molecule is CCCc1cccc(C(C)CC)c1N=Cc1ccccn1. The van der Waals surface area contributed by atoms with Crippen molar-refractivity contribution in [2.75, 3.05) is 0 Å². The van der Waals surface area contributed by atoms with Crippen LogP contribution in [0.5, 0.6) is 0 Å². The second kappa shape index (κ2) is 7.72. The van der Waals surface area contributed by atoms with Crippen molar-refractivity contribution in [1.82, 2.24) is 4.98 Å². The lowest BCUT2D eigenvalue weighted by atomic mass is 9.93. The van der Waals surface area contributed by atoms with Crippen molar-refractivity contribution in [2.45, 2.75) is 46.0 Å².